The fraction of sp³-hybridized carbons (Fsp3) is 0.385. The third-order valence-corrected chi connectivity index (χ3v) is 7.03. The van der Waals surface area contributed by atoms with Crippen molar-refractivity contribution in [3.05, 3.63) is 63.4 Å². The number of nitrogens with one attached hydrogen (secondary N) is 2. The highest BCUT2D eigenvalue weighted by Crippen LogP contribution is 2.38. The van der Waals surface area contributed by atoms with Crippen LogP contribution in [-0.4, -0.2) is 57.0 Å². The number of halogens is 2. The normalized spacial score (nSPS) is 20.2. The summed E-state index contributed by atoms with van der Waals surface area (Å²) >= 11 is 5.93. The molecule has 1 amide bonds. The smallest absolute Gasteiger partial charge is 0.439 e. The lowest BCUT2D eigenvalue weighted by Gasteiger charge is -2.34. The van der Waals surface area contributed by atoms with Gasteiger partial charge in [-0.3, -0.25) is 9.51 Å². The number of carboxylic acid groups (broad SMARTS) is 1. The van der Waals surface area contributed by atoms with Crippen LogP contribution in [0.25, 0.3) is 22.5 Å². The van der Waals surface area contributed by atoms with Crippen LogP contribution in [0.2, 0.25) is 5.02 Å². The van der Waals surface area contributed by atoms with Gasteiger partial charge in [-0.25, -0.2) is 14.0 Å². The highest BCUT2D eigenvalue weighted by atomic mass is 35.5. The Morgan fingerprint density at radius 1 is 1.28 bits per heavy atom. The Hall–Kier alpha value is -3.90. The summed E-state index contributed by atoms with van der Waals surface area (Å²) in [6.07, 6.45) is -2.19. The van der Waals surface area contributed by atoms with Gasteiger partial charge in [-0.05, 0) is 35.2 Å². The van der Waals surface area contributed by atoms with E-state index in [0.717, 1.165) is 0 Å². The minimum Gasteiger partial charge on any atom is -0.465 e. The average molecular weight is 560 g/mol. The van der Waals surface area contributed by atoms with E-state index in [0.29, 0.717) is 22.2 Å². The molecule has 3 heterocycles. The van der Waals surface area contributed by atoms with Gasteiger partial charge in [0, 0.05) is 19.0 Å². The zero-order valence-electron chi connectivity index (χ0n) is 21.4. The van der Waals surface area contributed by atoms with E-state index in [2.05, 4.69) is 25.0 Å². The number of amides is 1. The number of para-hydroxylation sites is 1. The Morgan fingerprint density at radius 2 is 2.08 bits per heavy atom. The number of aromatic amines is 1. The Morgan fingerprint density at radius 3 is 2.74 bits per heavy atom. The van der Waals surface area contributed by atoms with Crippen LogP contribution in [-0.2, 0) is 4.74 Å². The molecule has 1 fully saturated rings. The van der Waals surface area contributed by atoms with E-state index >= 15 is 0 Å². The molecule has 3 N–H and O–H groups in total. The van der Waals surface area contributed by atoms with Crippen molar-refractivity contribution in [2.45, 2.75) is 33.0 Å². The Kier molecular flexibility index (Phi) is 7.08. The van der Waals surface area contributed by atoms with E-state index in [1.165, 1.54) is 17.0 Å². The lowest BCUT2D eigenvalue weighted by atomic mass is 9.88. The number of ether oxygens (including phenoxy) is 1. The summed E-state index contributed by atoms with van der Waals surface area (Å²) in [5, 5.41) is 16.8. The Balaban J connectivity index is 1.47. The maximum atomic E-state index is 14.5. The van der Waals surface area contributed by atoms with Gasteiger partial charge in [-0.2, -0.15) is 4.98 Å². The SMILES string of the molecule is CC(C)(C)C1CN(C(=O)O)C[C@@H](CNc2nc3c(-c4noc(=O)[nH]4)cccc3o2)[C@H](c2ccc(Cl)c(F)c2)O1. The largest absolute Gasteiger partial charge is 0.465 e. The highest BCUT2D eigenvalue weighted by molar-refractivity contribution is 6.30. The first-order chi connectivity index (χ1) is 18.5. The van der Waals surface area contributed by atoms with E-state index in [4.69, 9.17) is 20.8 Å². The highest BCUT2D eigenvalue weighted by Gasteiger charge is 2.40. The number of carbonyl (C=O) groups is 1. The summed E-state index contributed by atoms with van der Waals surface area (Å²) < 4.78 is 31.5. The van der Waals surface area contributed by atoms with E-state index in [1.54, 1.807) is 24.3 Å². The molecule has 2 aromatic carbocycles. The molecule has 206 valence electrons. The van der Waals surface area contributed by atoms with Crippen molar-refractivity contribution >= 4 is 34.8 Å². The summed E-state index contributed by atoms with van der Waals surface area (Å²) in [5.74, 6) is -1.53. The number of rotatable bonds is 5. The van der Waals surface area contributed by atoms with Gasteiger partial charge >= 0.3 is 11.8 Å². The van der Waals surface area contributed by atoms with Crippen LogP contribution in [0.1, 0.15) is 32.4 Å². The fourth-order valence-electron chi connectivity index (χ4n) is 4.61. The minimum absolute atomic E-state index is 0.0164. The molecule has 3 atom stereocenters. The molecule has 1 aliphatic rings. The number of nitrogens with zero attached hydrogens (tertiary/aromatic N) is 3. The zero-order valence-corrected chi connectivity index (χ0v) is 22.2. The van der Waals surface area contributed by atoms with E-state index in [-0.39, 0.29) is 36.5 Å². The number of aromatic nitrogens is 3. The zero-order chi connectivity index (χ0) is 27.9. The number of benzene rings is 2. The molecular formula is C26H27ClFN5O6. The second-order valence-electron chi connectivity index (χ2n) is 10.5. The number of hydrogen-bond acceptors (Lipinski definition) is 8. The number of hydrogen-bond donors (Lipinski definition) is 3. The van der Waals surface area contributed by atoms with E-state index < -0.39 is 41.2 Å². The van der Waals surface area contributed by atoms with Gasteiger partial charge in [-0.15, -0.1) is 0 Å². The maximum absolute atomic E-state index is 14.5. The molecule has 0 spiro atoms. The Labute approximate surface area is 226 Å². The van der Waals surface area contributed by atoms with Crippen molar-refractivity contribution in [2.24, 2.45) is 11.3 Å². The van der Waals surface area contributed by atoms with Crippen LogP contribution in [0.15, 0.2) is 50.1 Å². The van der Waals surface area contributed by atoms with Crippen molar-refractivity contribution in [1.82, 2.24) is 20.0 Å². The van der Waals surface area contributed by atoms with Gasteiger partial charge in [0.2, 0.25) is 0 Å². The van der Waals surface area contributed by atoms with Crippen molar-refractivity contribution < 1.29 is 28.0 Å². The first-order valence-corrected chi connectivity index (χ1v) is 12.7. The van der Waals surface area contributed by atoms with Gasteiger partial charge in [0.1, 0.15) is 11.3 Å². The minimum atomic E-state index is -1.08. The number of oxazole rings is 1. The first kappa shape index (κ1) is 26.7. The second kappa shape index (κ2) is 10.3. The van der Waals surface area contributed by atoms with Gasteiger partial charge in [0.25, 0.3) is 6.01 Å². The lowest BCUT2D eigenvalue weighted by molar-refractivity contribution is -0.0754. The van der Waals surface area contributed by atoms with E-state index in [1.807, 2.05) is 20.8 Å². The number of fused-ring (bicyclic) bond motifs is 1. The van der Waals surface area contributed by atoms with E-state index in [9.17, 15) is 19.1 Å². The van der Waals surface area contributed by atoms with Crippen LogP contribution in [0.3, 0.4) is 0 Å². The molecule has 1 unspecified atom stereocenters. The van der Waals surface area contributed by atoms with Crippen molar-refractivity contribution in [3.63, 3.8) is 0 Å². The van der Waals surface area contributed by atoms with Gasteiger partial charge in [0.05, 0.1) is 29.3 Å². The van der Waals surface area contributed by atoms with Crippen molar-refractivity contribution in [2.75, 3.05) is 25.0 Å². The lowest BCUT2D eigenvalue weighted by Crippen LogP contribution is -2.42. The molecule has 11 nitrogen and oxygen atoms in total. The van der Waals surface area contributed by atoms with Crippen LogP contribution in [0.5, 0.6) is 0 Å². The van der Waals surface area contributed by atoms with Crippen LogP contribution < -0.4 is 11.1 Å². The quantitative estimate of drug-likeness (QED) is 0.301. The first-order valence-electron chi connectivity index (χ1n) is 12.3. The summed E-state index contributed by atoms with van der Waals surface area (Å²) in [4.78, 5) is 31.9. The molecule has 0 saturated carbocycles. The molecule has 4 aromatic rings. The van der Waals surface area contributed by atoms with Gasteiger partial charge < -0.3 is 24.5 Å². The Bertz CT molecular complexity index is 1560. The van der Waals surface area contributed by atoms with Gasteiger partial charge in [-0.1, -0.05) is 49.7 Å². The molecular weight excluding hydrogens is 533 g/mol. The molecule has 0 bridgehead atoms. The number of anilines is 1. The monoisotopic (exact) mass is 559 g/mol. The van der Waals surface area contributed by atoms with Gasteiger partial charge in [0.15, 0.2) is 11.4 Å². The van der Waals surface area contributed by atoms with Crippen LogP contribution in [0, 0.1) is 17.2 Å². The average Bonchev–Trinajstić information content (AvgIpc) is 3.44. The van der Waals surface area contributed by atoms with Crippen molar-refractivity contribution in [1.29, 1.82) is 0 Å². The predicted octanol–water partition coefficient (Wildman–Crippen LogP) is 5.16. The maximum Gasteiger partial charge on any atom is 0.439 e. The standard InChI is InChI=1S/C26H27ClFN5O6/c1-26(2,3)19-12-33(25(35)36)11-14(21(38-19)13-7-8-16(27)17(28)9-13)10-29-23-30-20-15(5-4-6-18(20)37-23)22-31-24(34)39-32-22/h4-9,14,19,21H,10-12H2,1-3H3,(H,29,30)(H,35,36)(H,31,32,34)/t14-,19?,21+/m1/s1. The second-order valence-corrected chi connectivity index (χ2v) is 10.9. The molecule has 1 aliphatic heterocycles. The third kappa shape index (κ3) is 5.62. The molecule has 0 radical (unpaired) electrons. The summed E-state index contributed by atoms with van der Waals surface area (Å²) in [5.41, 5.74) is 1.54. The molecule has 1 saturated heterocycles. The molecule has 5 rings (SSSR count). The summed E-state index contributed by atoms with van der Waals surface area (Å²) in [6.45, 7) is 6.37. The topological polar surface area (TPSA) is 147 Å². The van der Waals surface area contributed by atoms with Crippen LogP contribution >= 0.6 is 11.6 Å². The summed E-state index contributed by atoms with van der Waals surface area (Å²) in [6, 6.07) is 9.78. The molecule has 13 heteroatoms. The van der Waals surface area contributed by atoms with Crippen LogP contribution in [0.4, 0.5) is 15.2 Å². The predicted molar refractivity (Wildman–Crippen MR) is 140 cm³/mol. The molecule has 0 aliphatic carbocycles. The number of H-pyrrole nitrogens is 1. The molecule has 2 aromatic heterocycles. The third-order valence-electron chi connectivity index (χ3n) is 6.72. The fourth-order valence-corrected chi connectivity index (χ4v) is 4.73. The molecule has 39 heavy (non-hydrogen) atoms. The summed E-state index contributed by atoms with van der Waals surface area (Å²) in [7, 11) is 0. The van der Waals surface area contributed by atoms with Crippen molar-refractivity contribution in [3.8, 4) is 11.4 Å².